The van der Waals surface area contributed by atoms with Gasteiger partial charge in [-0.15, -0.1) is 6.58 Å². The number of carboxylic acid groups (broad SMARTS) is 1. The molecule has 0 radical (unpaired) electrons. The molecule has 1 rings (SSSR count). The Morgan fingerprint density at radius 1 is 1.42 bits per heavy atom. The van der Waals surface area contributed by atoms with Crippen molar-refractivity contribution in [1.82, 2.24) is 4.90 Å². The van der Waals surface area contributed by atoms with Gasteiger partial charge in [0.15, 0.2) is 0 Å². The maximum absolute atomic E-state index is 12.5. The molecule has 0 saturated carbocycles. The largest absolute Gasteiger partial charge is 0.465 e. The van der Waals surface area contributed by atoms with Crippen LogP contribution in [-0.2, 0) is 12.6 Å². The molecule has 104 valence electrons. The molecular formula is C13H14F3NO2. The van der Waals surface area contributed by atoms with Crippen molar-refractivity contribution in [2.45, 2.75) is 12.6 Å². The average molecular weight is 273 g/mol. The van der Waals surface area contributed by atoms with Gasteiger partial charge in [-0.3, -0.25) is 0 Å². The van der Waals surface area contributed by atoms with Crippen molar-refractivity contribution in [2.24, 2.45) is 0 Å². The fourth-order valence-electron chi connectivity index (χ4n) is 1.59. The number of hydrogen-bond acceptors (Lipinski definition) is 1. The van der Waals surface area contributed by atoms with E-state index in [0.29, 0.717) is 5.56 Å². The first kappa shape index (κ1) is 15.1. The van der Waals surface area contributed by atoms with Gasteiger partial charge in [-0.2, -0.15) is 13.2 Å². The second kappa shape index (κ2) is 6.26. The molecule has 0 fully saturated rings. The molecule has 0 spiro atoms. The Morgan fingerprint density at radius 2 is 2.11 bits per heavy atom. The first-order valence-corrected chi connectivity index (χ1v) is 5.59. The molecule has 0 bridgehead atoms. The summed E-state index contributed by atoms with van der Waals surface area (Å²) < 4.78 is 37.5. The minimum absolute atomic E-state index is 0.128. The lowest BCUT2D eigenvalue weighted by atomic mass is 10.1. The summed E-state index contributed by atoms with van der Waals surface area (Å²) >= 11 is 0. The Bertz CT molecular complexity index is 457. The molecule has 1 aromatic carbocycles. The topological polar surface area (TPSA) is 40.5 Å². The van der Waals surface area contributed by atoms with Gasteiger partial charge in [-0.25, -0.2) is 4.79 Å². The van der Waals surface area contributed by atoms with Gasteiger partial charge >= 0.3 is 12.3 Å². The molecular weight excluding hydrogens is 259 g/mol. The highest BCUT2D eigenvalue weighted by Crippen LogP contribution is 2.29. The second-order valence-corrected chi connectivity index (χ2v) is 3.97. The van der Waals surface area contributed by atoms with E-state index >= 15 is 0 Å². The number of rotatable bonds is 5. The Hall–Kier alpha value is -1.98. The van der Waals surface area contributed by atoms with Crippen LogP contribution in [-0.4, -0.2) is 29.2 Å². The maximum atomic E-state index is 12.5. The van der Waals surface area contributed by atoms with Crippen LogP contribution in [0.2, 0.25) is 0 Å². The molecule has 19 heavy (non-hydrogen) atoms. The SMILES string of the molecule is C=CCN(CCc1cccc(C(F)(F)F)c1)C(=O)O. The van der Waals surface area contributed by atoms with Gasteiger partial charge in [0.2, 0.25) is 0 Å². The standard InChI is InChI=1S/C13H14F3NO2/c1-2-7-17(12(18)19)8-6-10-4-3-5-11(9-10)13(14,15)16/h2-5,9H,1,6-8H2,(H,18,19). The fourth-order valence-corrected chi connectivity index (χ4v) is 1.59. The highest BCUT2D eigenvalue weighted by molar-refractivity contribution is 5.65. The maximum Gasteiger partial charge on any atom is 0.416 e. The van der Waals surface area contributed by atoms with E-state index in [9.17, 15) is 18.0 Å². The zero-order valence-corrected chi connectivity index (χ0v) is 10.2. The van der Waals surface area contributed by atoms with Gasteiger partial charge in [-0.1, -0.05) is 24.3 Å². The number of halogens is 3. The van der Waals surface area contributed by atoms with Crippen molar-refractivity contribution in [2.75, 3.05) is 13.1 Å². The summed E-state index contributed by atoms with van der Waals surface area (Å²) in [7, 11) is 0. The van der Waals surface area contributed by atoms with Crippen molar-refractivity contribution < 1.29 is 23.1 Å². The van der Waals surface area contributed by atoms with Crippen molar-refractivity contribution in [3.63, 3.8) is 0 Å². The van der Waals surface area contributed by atoms with E-state index in [4.69, 9.17) is 5.11 Å². The lowest BCUT2D eigenvalue weighted by molar-refractivity contribution is -0.137. The summed E-state index contributed by atoms with van der Waals surface area (Å²) in [6.07, 6.45) is -3.85. The van der Waals surface area contributed by atoms with E-state index in [1.807, 2.05) is 0 Å². The van der Waals surface area contributed by atoms with E-state index in [0.717, 1.165) is 17.0 Å². The van der Waals surface area contributed by atoms with Crippen molar-refractivity contribution in [1.29, 1.82) is 0 Å². The fraction of sp³-hybridized carbons (Fsp3) is 0.308. The molecule has 3 nitrogen and oxygen atoms in total. The summed E-state index contributed by atoms with van der Waals surface area (Å²) in [6, 6.07) is 4.89. The van der Waals surface area contributed by atoms with Crippen molar-refractivity contribution >= 4 is 6.09 Å². The minimum atomic E-state index is -4.39. The predicted molar refractivity (Wildman–Crippen MR) is 64.9 cm³/mol. The first-order chi connectivity index (χ1) is 8.84. The lowest BCUT2D eigenvalue weighted by Crippen LogP contribution is -2.31. The monoisotopic (exact) mass is 273 g/mol. The number of carbonyl (C=O) groups is 1. The lowest BCUT2D eigenvalue weighted by Gasteiger charge is -2.17. The van der Waals surface area contributed by atoms with Crippen LogP contribution in [0.4, 0.5) is 18.0 Å². The number of nitrogens with zero attached hydrogens (tertiary/aromatic N) is 1. The zero-order chi connectivity index (χ0) is 14.5. The van der Waals surface area contributed by atoms with Crippen LogP contribution in [0.25, 0.3) is 0 Å². The van der Waals surface area contributed by atoms with Crippen molar-refractivity contribution in [3.05, 3.63) is 48.0 Å². The molecule has 1 N–H and O–H groups in total. The third kappa shape index (κ3) is 4.65. The molecule has 0 unspecified atom stereocenters. The van der Waals surface area contributed by atoms with Gasteiger partial charge in [-0.05, 0) is 18.1 Å². The molecule has 0 aliphatic rings. The molecule has 6 heteroatoms. The summed E-state index contributed by atoms with van der Waals surface area (Å²) in [6.45, 7) is 3.71. The van der Waals surface area contributed by atoms with Crippen molar-refractivity contribution in [3.8, 4) is 0 Å². The highest BCUT2D eigenvalue weighted by atomic mass is 19.4. The van der Waals surface area contributed by atoms with Crippen LogP contribution < -0.4 is 0 Å². The summed E-state index contributed by atoms with van der Waals surface area (Å²) in [5.41, 5.74) is -0.277. The van der Waals surface area contributed by atoms with Crippen LogP contribution >= 0.6 is 0 Å². The molecule has 0 aromatic heterocycles. The van der Waals surface area contributed by atoms with E-state index in [1.54, 1.807) is 6.07 Å². The van der Waals surface area contributed by atoms with Crippen LogP contribution in [0.15, 0.2) is 36.9 Å². The number of benzene rings is 1. The molecule has 0 aliphatic carbocycles. The number of alkyl halides is 3. The Labute approximate surface area is 109 Å². The summed E-state index contributed by atoms with van der Waals surface area (Å²) in [5.74, 6) is 0. The van der Waals surface area contributed by atoms with Gasteiger partial charge in [0.1, 0.15) is 0 Å². The summed E-state index contributed by atoms with van der Waals surface area (Å²) in [4.78, 5) is 11.9. The molecule has 1 aromatic rings. The zero-order valence-electron chi connectivity index (χ0n) is 10.2. The first-order valence-electron chi connectivity index (χ1n) is 5.59. The number of amides is 1. The minimum Gasteiger partial charge on any atom is -0.465 e. The van der Waals surface area contributed by atoms with Crippen LogP contribution in [0.3, 0.4) is 0 Å². The van der Waals surface area contributed by atoms with Crippen LogP contribution in [0.5, 0.6) is 0 Å². The molecule has 1 amide bonds. The predicted octanol–water partition coefficient (Wildman–Crippen LogP) is 3.41. The van der Waals surface area contributed by atoms with Gasteiger partial charge < -0.3 is 10.0 Å². The van der Waals surface area contributed by atoms with E-state index in [1.165, 1.54) is 12.1 Å². The van der Waals surface area contributed by atoms with Crippen LogP contribution in [0.1, 0.15) is 11.1 Å². The number of hydrogen-bond donors (Lipinski definition) is 1. The van der Waals surface area contributed by atoms with Gasteiger partial charge in [0, 0.05) is 13.1 Å². The third-order valence-electron chi connectivity index (χ3n) is 2.54. The summed E-state index contributed by atoms with van der Waals surface area (Å²) in [5, 5.41) is 8.86. The highest BCUT2D eigenvalue weighted by Gasteiger charge is 2.30. The van der Waals surface area contributed by atoms with E-state index in [-0.39, 0.29) is 19.5 Å². The van der Waals surface area contributed by atoms with E-state index in [2.05, 4.69) is 6.58 Å². The average Bonchev–Trinajstić information content (AvgIpc) is 2.33. The normalized spacial score (nSPS) is 11.1. The van der Waals surface area contributed by atoms with Crippen LogP contribution in [0, 0.1) is 0 Å². The second-order valence-electron chi connectivity index (χ2n) is 3.97. The van der Waals surface area contributed by atoms with Gasteiger partial charge in [0.05, 0.1) is 5.56 Å². The smallest absolute Gasteiger partial charge is 0.416 e. The van der Waals surface area contributed by atoms with E-state index < -0.39 is 17.8 Å². The third-order valence-corrected chi connectivity index (χ3v) is 2.54. The van der Waals surface area contributed by atoms with Gasteiger partial charge in [0.25, 0.3) is 0 Å². The molecule has 0 atom stereocenters. The Kier molecular flexibility index (Phi) is 4.97. The quantitative estimate of drug-likeness (QED) is 0.835. The Balaban J connectivity index is 2.72. The molecule has 0 heterocycles. The molecule has 0 aliphatic heterocycles. The molecule has 0 saturated heterocycles. The Morgan fingerprint density at radius 3 is 2.63 bits per heavy atom.